The Hall–Kier alpha value is -11.2. The molecule has 0 saturated heterocycles. The van der Waals surface area contributed by atoms with Gasteiger partial charge in [0.05, 0.1) is 60.9 Å². The van der Waals surface area contributed by atoms with E-state index in [0.717, 1.165) is 43.7 Å². The van der Waals surface area contributed by atoms with E-state index >= 15 is 0 Å². The Balaban J connectivity index is 0.00000968. The first-order chi connectivity index (χ1) is 55.1. The Labute approximate surface area is 601 Å². The molecule has 8 heteroatoms. The maximum Gasteiger partial charge on any atom is 0.268 e. The van der Waals surface area contributed by atoms with Crippen LogP contribution >= 0.6 is 0 Å². The van der Waals surface area contributed by atoms with E-state index in [9.17, 15) is 19.2 Å². The average molecular weight is 1450 g/mol. The van der Waals surface area contributed by atoms with Crippen LogP contribution < -0.4 is 30.1 Å². The van der Waals surface area contributed by atoms with Gasteiger partial charge in [0.25, 0.3) is 6.33 Å². The van der Waals surface area contributed by atoms with E-state index in [4.69, 9.17) is 17.9 Å². The third kappa shape index (κ3) is 9.32. The molecule has 18 rings (SSSR count). The van der Waals surface area contributed by atoms with E-state index in [1.165, 1.54) is 0 Å². The molecule has 1 aliphatic heterocycles. The number of nitrogens with zero attached hydrogens (tertiary/aromatic N) is 5. The van der Waals surface area contributed by atoms with Crippen molar-refractivity contribution in [1.82, 2.24) is 18.7 Å². The minimum Gasteiger partial charge on any atom is -0.510 e. The molecule has 6 nitrogen and oxygen atoms in total. The van der Waals surface area contributed by atoms with Crippen LogP contribution in [0, 0.1) is 18.5 Å². The summed E-state index contributed by atoms with van der Waals surface area (Å²) < 4.78 is 207. The summed E-state index contributed by atoms with van der Waals surface area (Å²) in [6.45, 7) is 6.40. The summed E-state index contributed by atoms with van der Waals surface area (Å²) in [5.74, 6) is 1.08. The van der Waals surface area contributed by atoms with E-state index in [2.05, 4.69) is 49.9 Å². The quantitative estimate of drug-likeness (QED) is 0.0593. The number of fused-ring (bicyclic) bond motifs is 13. The van der Waals surface area contributed by atoms with Crippen LogP contribution in [0.25, 0.3) is 122 Å². The van der Waals surface area contributed by atoms with Gasteiger partial charge >= 0.3 is 0 Å². The van der Waals surface area contributed by atoms with Crippen molar-refractivity contribution in [2.45, 2.75) is 26.2 Å². The number of imidazole rings is 1. The van der Waals surface area contributed by atoms with Crippen LogP contribution in [-0.4, -0.2) is 26.8 Å². The Kier molecular flexibility index (Phi) is 9.93. The van der Waals surface area contributed by atoms with Crippen molar-refractivity contribution in [3.05, 3.63) is 339 Å². The molecule has 1 aliphatic rings. The molecular formula is C88H61N5OPtSi-2. The van der Waals surface area contributed by atoms with E-state index in [1.807, 2.05) is 118 Å². The monoisotopic (exact) mass is 1450 g/mol. The van der Waals surface area contributed by atoms with Crippen molar-refractivity contribution in [2.24, 2.45) is 0 Å². The first kappa shape index (κ1) is 40.8. The molecule has 0 saturated carbocycles. The molecule has 0 bridgehead atoms. The number of rotatable bonds is 10. The fourth-order valence-corrected chi connectivity index (χ4v) is 17.8. The van der Waals surface area contributed by atoms with Gasteiger partial charge in [0.1, 0.15) is 5.82 Å². The van der Waals surface area contributed by atoms with E-state index in [1.54, 1.807) is 83.6 Å². The summed E-state index contributed by atoms with van der Waals surface area (Å²) in [6.07, 6.45) is 5.57. The van der Waals surface area contributed by atoms with Gasteiger partial charge < -0.3 is 18.4 Å². The summed E-state index contributed by atoms with van der Waals surface area (Å²) >= 11 is 0. The van der Waals surface area contributed by atoms with Gasteiger partial charge in [0, 0.05) is 55.1 Å². The van der Waals surface area contributed by atoms with Crippen LogP contribution in [0.15, 0.2) is 315 Å². The average Bonchev–Trinajstić information content (AvgIpc) is 1.25. The third-order valence-corrected chi connectivity index (χ3v) is 22.2. The normalized spacial score (nSPS) is 14.9. The molecule has 0 atom stereocenters. The van der Waals surface area contributed by atoms with Gasteiger partial charge in [-0.25, -0.2) is 4.98 Å². The second-order valence-electron chi connectivity index (χ2n) is 24.3. The van der Waals surface area contributed by atoms with Crippen LogP contribution in [-0.2, 0) is 26.5 Å². The van der Waals surface area contributed by atoms with Crippen LogP contribution in [0.1, 0.15) is 53.7 Å². The standard InChI is InChI=1S/C88H61N5OSi.Pt/c1-88(2,3)60-51-52-89-84(53-60)93-80-47-23-20-40-72(80)73-50-49-63(55-82(73)93)94-62-30-24-29-61(54-62)90-58-91-86-76(44-26-48-81(86)92-78-45-21-18-38-70(78)71-39-19-22-46-79(71)92)75-43-25-42-68(59-27-8-4-9-28-59)85(75)74-41-17-16-37-69(74)77-56-67(57-83(90)87(77)91)95(64-31-10-5-11-32-64,65-33-12-6-13-34-65)66-35-14-7-15-36-66;/h4-53,56-57H,1-3H3;/q-2;/i4D,5D,6D,7D,8D,9D,10D,11D,12D,13D,14D,15D,27D,28D,31D,32D,33D,34D,35D,36D;. The van der Waals surface area contributed by atoms with Crippen LogP contribution in [0.5, 0.6) is 11.5 Å². The number of aromatic nitrogens is 5. The van der Waals surface area contributed by atoms with Gasteiger partial charge in [0.2, 0.25) is 0 Å². The Bertz CT molecular complexity index is 6840. The third-order valence-electron chi connectivity index (χ3n) is 18.1. The van der Waals surface area contributed by atoms with Crippen molar-refractivity contribution in [3.8, 4) is 78.9 Å². The molecule has 17 aromatic rings. The number of benzene rings is 13. The number of para-hydroxylation sites is 4. The van der Waals surface area contributed by atoms with Crippen molar-refractivity contribution < 1.29 is 57.8 Å². The van der Waals surface area contributed by atoms with Gasteiger partial charge in [-0.1, -0.05) is 268 Å². The maximum atomic E-state index is 10.3. The second-order valence-corrected chi connectivity index (χ2v) is 27.9. The molecule has 0 spiro atoms. The van der Waals surface area contributed by atoms with Gasteiger partial charge in [0.15, 0.2) is 8.07 Å². The summed E-state index contributed by atoms with van der Waals surface area (Å²) in [4.78, 5) is 4.89. The molecule has 460 valence electrons. The molecule has 13 aromatic carbocycles. The number of hydrogen-bond acceptors (Lipinski definition) is 2. The fourth-order valence-electron chi connectivity index (χ4n) is 14.0. The fraction of sp³-hybridized carbons (Fsp3) is 0.0455. The van der Waals surface area contributed by atoms with Crippen molar-refractivity contribution in [1.29, 1.82) is 0 Å². The summed E-state index contributed by atoms with van der Waals surface area (Å²) in [5.41, 5.74) is 7.57. The second kappa shape index (κ2) is 23.4. The minimum absolute atomic E-state index is 0. The van der Waals surface area contributed by atoms with Crippen LogP contribution in [0.4, 0.5) is 0 Å². The summed E-state index contributed by atoms with van der Waals surface area (Å²) in [6, 6.07) is 47.8. The zero-order valence-corrected chi connectivity index (χ0v) is 54.7. The molecule has 0 unspecified atom stereocenters. The Morgan fingerprint density at radius 2 is 0.990 bits per heavy atom. The van der Waals surface area contributed by atoms with Gasteiger partial charge in [-0.2, -0.15) is 18.2 Å². The Morgan fingerprint density at radius 1 is 0.448 bits per heavy atom. The van der Waals surface area contributed by atoms with Crippen molar-refractivity contribution in [3.63, 3.8) is 0 Å². The number of pyridine rings is 1. The zero-order chi connectivity index (χ0) is 80.8. The summed E-state index contributed by atoms with van der Waals surface area (Å²) in [5, 5.41) is 1.17. The minimum atomic E-state index is -6.03. The van der Waals surface area contributed by atoms with Gasteiger partial charge in [-0.3, -0.25) is 4.57 Å². The molecule has 96 heavy (non-hydrogen) atoms. The molecule has 0 N–H and O–H groups in total. The molecule has 0 radical (unpaired) electrons. The molecule has 0 fully saturated rings. The van der Waals surface area contributed by atoms with E-state index in [-0.39, 0.29) is 82.1 Å². The molecule has 5 heterocycles. The zero-order valence-electron chi connectivity index (χ0n) is 71.4. The van der Waals surface area contributed by atoms with Crippen molar-refractivity contribution in [2.75, 3.05) is 0 Å². The maximum absolute atomic E-state index is 10.3. The number of hydrogen-bond donors (Lipinski definition) is 0. The van der Waals surface area contributed by atoms with E-state index < -0.39 is 144 Å². The van der Waals surface area contributed by atoms with E-state index in [0.29, 0.717) is 45.0 Å². The molecule has 4 aromatic heterocycles. The van der Waals surface area contributed by atoms with Crippen LogP contribution in [0.3, 0.4) is 0 Å². The number of ether oxygens (including phenoxy) is 1. The molecular weight excluding hydrogens is 1370 g/mol. The first-order valence-electron chi connectivity index (χ1n) is 40.9. The Morgan fingerprint density at radius 3 is 1.65 bits per heavy atom. The van der Waals surface area contributed by atoms with Crippen LogP contribution in [0.2, 0.25) is 0 Å². The van der Waals surface area contributed by atoms with Gasteiger partial charge in [-0.05, 0) is 124 Å². The predicted octanol–water partition coefficient (Wildman–Crippen LogP) is 18.3. The topological polar surface area (TPSA) is 40.8 Å². The first-order valence-corrected chi connectivity index (χ1v) is 32.9. The van der Waals surface area contributed by atoms with Gasteiger partial charge in [-0.15, -0.1) is 29.7 Å². The smallest absolute Gasteiger partial charge is 0.268 e. The summed E-state index contributed by atoms with van der Waals surface area (Å²) in [7, 11) is -6.03. The SMILES string of the molecule is [2H]c1c([2H])c([2H])c(-c2cccc3c2-c2ccccc2-c2cc([Si](c4c([2H])c([2H])c([2H])c([2H])c4[2H])(c4c([2H])c([2H])c([2H])c([2H])c4[2H])c4c([2H])c([2H])c([2H])c([2H])c4[2H])cc4c2[n+]([c-]n4-c2[c-]c(Oc4[c-]c5c(cc4)c4ccccc4n5-c4cc(C(C)(C)C)ccn4)ccc2)-c2c-3cccc2-n2c3ccccc3c3ccccc32)c([2H])c1[2H].[Pt]. The molecule has 0 amide bonds. The molecule has 0 aliphatic carbocycles. The predicted molar refractivity (Wildman–Crippen MR) is 392 cm³/mol. The van der Waals surface area contributed by atoms with Crippen molar-refractivity contribution >= 4 is 83.5 Å². The largest absolute Gasteiger partial charge is 0.510 e.